The number of nitrogens with zero attached hydrogens (tertiary/aromatic N) is 1. The summed E-state index contributed by atoms with van der Waals surface area (Å²) >= 11 is 1.90. The van der Waals surface area contributed by atoms with Crippen LogP contribution in [0.1, 0.15) is 6.42 Å². The van der Waals surface area contributed by atoms with E-state index in [1.54, 1.807) is 0 Å². The van der Waals surface area contributed by atoms with Gasteiger partial charge in [0.1, 0.15) is 0 Å². The van der Waals surface area contributed by atoms with Crippen LogP contribution in [-0.2, 0) is 9.59 Å². The van der Waals surface area contributed by atoms with Gasteiger partial charge in [0.05, 0.1) is 11.8 Å². The fourth-order valence-corrected chi connectivity index (χ4v) is 2.37. The second-order valence-corrected chi connectivity index (χ2v) is 4.21. The summed E-state index contributed by atoms with van der Waals surface area (Å²) in [5.74, 6) is -1.26. The molecule has 86 valence electrons. The molecule has 0 aromatic carbocycles. The van der Waals surface area contributed by atoms with Crippen LogP contribution in [0.2, 0.25) is 0 Å². The first-order valence-corrected chi connectivity index (χ1v) is 5.08. The third-order valence-corrected chi connectivity index (χ3v) is 3.13. The predicted octanol–water partition coefficient (Wildman–Crippen LogP) is 0.925. The fourth-order valence-electron chi connectivity index (χ4n) is 1.13. The molecule has 0 aliphatic carbocycles. The van der Waals surface area contributed by atoms with Gasteiger partial charge in [-0.25, -0.2) is 4.79 Å². The van der Waals surface area contributed by atoms with Crippen molar-refractivity contribution in [1.82, 2.24) is 4.90 Å². The summed E-state index contributed by atoms with van der Waals surface area (Å²) in [5.41, 5.74) is 0. The van der Waals surface area contributed by atoms with Crippen LogP contribution in [0, 0.1) is 0 Å². The molecule has 0 radical (unpaired) electrons. The van der Waals surface area contributed by atoms with E-state index < -0.39 is 12.1 Å². The van der Waals surface area contributed by atoms with Gasteiger partial charge in [0.25, 0.3) is 0 Å². The zero-order valence-corrected chi connectivity index (χ0v) is 8.27. The number of halogens is 3. The summed E-state index contributed by atoms with van der Waals surface area (Å²) in [6.07, 6.45) is -4.29. The van der Waals surface area contributed by atoms with E-state index in [0.29, 0.717) is 11.3 Å². The largest absolute Gasteiger partial charge is 0.490 e. The molecule has 2 saturated heterocycles. The van der Waals surface area contributed by atoms with Gasteiger partial charge in [0.15, 0.2) is 0 Å². The molecule has 1 N–H and O–H groups in total. The van der Waals surface area contributed by atoms with E-state index in [1.165, 1.54) is 0 Å². The van der Waals surface area contributed by atoms with Crippen LogP contribution >= 0.6 is 11.8 Å². The van der Waals surface area contributed by atoms with Crippen molar-refractivity contribution in [1.29, 1.82) is 0 Å². The maximum atomic E-state index is 10.6. The highest BCUT2D eigenvalue weighted by atomic mass is 32.2. The van der Waals surface area contributed by atoms with Crippen molar-refractivity contribution in [2.45, 2.75) is 18.0 Å². The summed E-state index contributed by atoms with van der Waals surface area (Å²) in [5, 5.41) is 7.70. The van der Waals surface area contributed by atoms with Gasteiger partial charge >= 0.3 is 12.1 Å². The monoisotopic (exact) mass is 243 g/mol. The van der Waals surface area contributed by atoms with Crippen molar-refractivity contribution in [2.75, 3.05) is 12.3 Å². The van der Waals surface area contributed by atoms with Crippen LogP contribution < -0.4 is 0 Å². The molecule has 15 heavy (non-hydrogen) atoms. The van der Waals surface area contributed by atoms with Gasteiger partial charge in [0.2, 0.25) is 5.91 Å². The number of amides is 1. The van der Waals surface area contributed by atoms with Crippen molar-refractivity contribution in [3.05, 3.63) is 0 Å². The Morgan fingerprint density at radius 2 is 2.07 bits per heavy atom. The number of fused-ring (bicyclic) bond motifs is 1. The number of carbonyl (C=O) groups is 2. The van der Waals surface area contributed by atoms with Gasteiger partial charge in [-0.05, 0) is 0 Å². The van der Waals surface area contributed by atoms with Gasteiger partial charge in [-0.1, -0.05) is 0 Å². The highest BCUT2D eigenvalue weighted by Crippen LogP contribution is 2.34. The van der Waals surface area contributed by atoms with Crippen LogP contribution in [0.25, 0.3) is 0 Å². The van der Waals surface area contributed by atoms with Crippen molar-refractivity contribution in [3.8, 4) is 0 Å². The Bertz CT molecular complexity index is 281. The highest BCUT2D eigenvalue weighted by molar-refractivity contribution is 8.00. The van der Waals surface area contributed by atoms with Gasteiger partial charge in [-0.2, -0.15) is 13.2 Å². The minimum absolute atomic E-state index is 0.347. The van der Waals surface area contributed by atoms with Crippen LogP contribution in [0.5, 0.6) is 0 Å². The van der Waals surface area contributed by atoms with Crippen LogP contribution in [0.15, 0.2) is 0 Å². The lowest BCUT2D eigenvalue weighted by Gasteiger charge is -2.32. The first-order valence-electron chi connectivity index (χ1n) is 4.03. The molecule has 2 heterocycles. The van der Waals surface area contributed by atoms with E-state index >= 15 is 0 Å². The molecule has 8 heteroatoms. The van der Waals surface area contributed by atoms with E-state index in [4.69, 9.17) is 9.90 Å². The van der Waals surface area contributed by atoms with Crippen LogP contribution in [0.4, 0.5) is 13.2 Å². The number of carboxylic acids is 1. The molecule has 4 nitrogen and oxygen atoms in total. The second kappa shape index (κ2) is 4.30. The van der Waals surface area contributed by atoms with E-state index in [9.17, 15) is 18.0 Å². The Morgan fingerprint density at radius 3 is 2.33 bits per heavy atom. The van der Waals surface area contributed by atoms with E-state index in [-0.39, 0.29) is 0 Å². The molecule has 0 bridgehead atoms. The average molecular weight is 243 g/mol. The smallest absolute Gasteiger partial charge is 0.475 e. The zero-order valence-electron chi connectivity index (χ0n) is 7.45. The molecule has 2 rings (SSSR count). The lowest BCUT2D eigenvalue weighted by molar-refractivity contribution is -0.192. The molecule has 0 unspecified atom stereocenters. The van der Waals surface area contributed by atoms with E-state index in [2.05, 4.69) is 0 Å². The van der Waals surface area contributed by atoms with Gasteiger partial charge < -0.3 is 10.0 Å². The normalized spacial score (nSPS) is 23.8. The van der Waals surface area contributed by atoms with Gasteiger partial charge in [-0.3, -0.25) is 4.79 Å². The van der Waals surface area contributed by atoms with Crippen molar-refractivity contribution in [3.63, 3.8) is 0 Å². The number of rotatable bonds is 0. The second-order valence-electron chi connectivity index (χ2n) is 2.92. The minimum Gasteiger partial charge on any atom is -0.475 e. The molecule has 2 aliphatic heterocycles. The number of thioether (sulfide) groups is 1. The lowest BCUT2D eigenvalue weighted by Crippen LogP contribution is -2.46. The number of hydrogen-bond donors (Lipinski definition) is 1. The number of β-lactam (4-membered cyclic amide) rings is 1. The molecule has 0 aromatic rings. The third kappa shape index (κ3) is 3.01. The molecule has 1 atom stereocenters. The first kappa shape index (κ1) is 12.2. The molecular weight excluding hydrogens is 235 g/mol. The number of hydrogen-bond acceptors (Lipinski definition) is 3. The number of alkyl halides is 3. The molecular formula is C7H8F3NO3S. The maximum Gasteiger partial charge on any atom is 0.490 e. The highest BCUT2D eigenvalue weighted by Gasteiger charge is 2.39. The van der Waals surface area contributed by atoms with Gasteiger partial charge in [-0.15, -0.1) is 11.8 Å². The van der Waals surface area contributed by atoms with Crippen LogP contribution in [0.3, 0.4) is 0 Å². The number of carboxylic acid groups (broad SMARTS) is 1. The standard InChI is InChI=1S/C5H7NOS.C2HF3O2/c7-4-3-5-6(4)1-2-8-5;3-2(4,5)1(6)7/h5H,1-3H2;(H,6,7)/t5-;/m1./s1. The minimum atomic E-state index is -5.08. The molecule has 0 spiro atoms. The molecule has 0 saturated carbocycles. The predicted molar refractivity (Wildman–Crippen MR) is 46.3 cm³/mol. The van der Waals surface area contributed by atoms with E-state index in [1.807, 2.05) is 16.7 Å². The molecule has 1 amide bonds. The summed E-state index contributed by atoms with van der Waals surface area (Å²) in [6.45, 7) is 0.994. The van der Waals surface area contributed by atoms with Crippen molar-refractivity contribution < 1.29 is 27.9 Å². The van der Waals surface area contributed by atoms with Crippen molar-refractivity contribution in [2.24, 2.45) is 0 Å². The Balaban J connectivity index is 0.000000153. The Kier molecular flexibility index (Phi) is 3.48. The third-order valence-electron chi connectivity index (χ3n) is 1.90. The number of aliphatic carboxylic acids is 1. The Hall–Kier alpha value is -0.920. The maximum absolute atomic E-state index is 10.6. The number of carbonyl (C=O) groups excluding carboxylic acids is 1. The summed E-state index contributed by atoms with van der Waals surface area (Å²) in [7, 11) is 0. The van der Waals surface area contributed by atoms with E-state index in [0.717, 1.165) is 18.7 Å². The zero-order chi connectivity index (χ0) is 11.6. The SMILES string of the molecule is O=C(O)C(F)(F)F.O=C1C[C@H]2SCCN12. The molecule has 2 aliphatic rings. The Labute approximate surface area is 87.4 Å². The van der Waals surface area contributed by atoms with Crippen LogP contribution in [-0.4, -0.2) is 45.7 Å². The van der Waals surface area contributed by atoms with Crippen molar-refractivity contribution >= 4 is 23.6 Å². The topological polar surface area (TPSA) is 57.6 Å². The summed E-state index contributed by atoms with van der Waals surface area (Å²) in [4.78, 5) is 21.5. The van der Waals surface area contributed by atoms with Gasteiger partial charge in [0, 0.05) is 12.3 Å². The quantitative estimate of drug-likeness (QED) is 0.643. The lowest BCUT2D eigenvalue weighted by atomic mass is 10.2. The molecule has 2 fully saturated rings. The summed E-state index contributed by atoms with van der Waals surface area (Å²) in [6, 6.07) is 0. The average Bonchev–Trinajstić information content (AvgIpc) is 2.45. The summed E-state index contributed by atoms with van der Waals surface area (Å²) < 4.78 is 31.7. The Morgan fingerprint density at radius 1 is 1.53 bits per heavy atom. The first-order chi connectivity index (χ1) is 6.82. The fraction of sp³-hybridized carbons (Fsp3) is 0.714. The molecule has 0 aromatic heterocycles.